The maximum atomic E-state index is 14.6. The van der Waals surface area contributed by atoms with Gasteiger partial charge in [-0.3, -0.25) is 18.2 Å². The molecule has 21 nitrogen and oxygen atoms in total. The summed E-state index contributed by atoms with van der Waals surface area (Å²) in [6.07, 6.45) is 1.18. The molecule has 0 bridgehead atoms. The predicted octanol–water partition coefficient (Wildman–Crippen LogP) is 1.70. The highest BCUT2D eigenvalue weighted by Gasteiger charge is 2.46. The van der Waals surface area contributed by atoms with E-state index in [2.05, 4.69) is 34.4 Å². The van der Waals surface area contributed by atoms with Crippen molar-refractivity contribution in [1.82, 2.24) is 43.5 Å². The van der Waals surface area contributed by atoms with Crippen molar-refractivity contribution in [3.8, 4) is 0 Å². The quantitative estimate of drug-likeness (QED) is 0.129. The first kappa shape index (κ1) is 38.3. The molecule has 0 amide bonds. The Labute approximate surface area is 299 Å². The molecule has 4 aromatic rings. The molecular weight excluding hydrogens is 725 g/mol. The first-order valence-corrected chi connectivity index (χ1v) is 19.8. The fourth-order valence-electron chi connectivity index (χ4n) is 5.93. The predicted molar refractivity (Wildman–Crippen MR) is 185 cm³/mol. The number of aromatic nitrogens is 8. The van der Waals surface area contributed by atoms with E-state index in [0.29, 0.717) is 28.7 Å². The average molecular weight is 770 g/mol. The van der Waals surface area contributed by atoms with Crippen LogP contribution < -0.4 is 16.0 Å². The van der Waals surface area contributed by atoms with Crippen LogP contribution in [0.5, 0.6) is 0 Å². The molecule has 2 saturated heterocycles. The Bertz CT molecular complexity index is 2000. The van der Waals surface area contributed by atoms with Crippen LogP contribution in [0.4, 0.5) is 11.6 Å². The zero-order valence-corrected chi connectivity index (χ0v) is 31.1. The van der Waals surface area contributed by atoms with E-state index in [1.807, 2.05) is 27.7 Å². The van der Waals surface area contributed by atoms with Crippen molar-refractivity contribution < 1.29 is 45.7 Å². The topological polar surface area (TPSA) is 267 Å². The van der Waals surface area contributed by atoms with Crippen molar-refractivity contribution in [3.63, 3.8) is 0 Å². The molecule has 0 spiro atoms. The standard InChI is InChI=1S/C29H44N11O10PS/c1-16(2)45-10-20-19(9-23(48-20)40-15-37-25-27(31)33-13-35-29(25)40)50-51(41,38-52(42,43)7-6-44-5)46-11-21-18(47-17(3)4)8-22(49-21)39-14-36-24-26(30)32-12-34-28(24)39/h12-23H,6-11H2,1-5H3,(H,38,41)(H2,30,32,34)(H2,31,33,35)/t18-,19-,20?,21?,22?,23?,51?/m1/s1. The molecule has 4 aromatic heterocycles. The second-order valence-electron chi connectivity index (χ2n) is 12.8. The summed E-state index contributed by atoms with van der Waals surface area (Å²) in [5.41, 5.74) is 13.6. The number of hydrogen-bond acceptors (Lipinski definition) is 18. The maximum Gasteiger partial charge on any atom is 0.419 e. The molecule has 0 aromatic carbocycles. The second-order valence-corrected chi connectivity index (χ2v) is 16.7. The number of nitrogen functional groups attached to an aromatic ring is 2. The molecule has 5 N–H and O–H groups in total. The van der Waals surface area contributed by atoms with Gasteiger partial charge in [-0.1, -0.05) is 0 Å². The maximum absolute atomic E-state index is 14.6. The molecule has 5 unspecified atom stereocenters. The van der Waals surface area contributed by atoms with E-state index in [-0.39, 0.29) is 50.1 Å². The first-order chi connectivity index (χ1) is 24.8. The lowest BCUT2D eigenvalue weighted by Gasteiger charge is -2.27. The van der Waals surface area contributed by atoms with Crippen LogP contribution in [-0.2, 0) is 47.3 Å². The number of imidazole rings is 2. The van der Waals surface area contributed by atoms with Crippen molar-refractivity contribution in [3.05, 3.63) is 25.3 Å². The zero-order chi connectivity index (χ0) is 37.2. The molecule has 286 valence electrons. The zero-order valence-electron chi connectivity index (χ0n) is 29.3. The summed E-state index contributed by atoms with van der Waals surface area (Å²) in [4.78, 5) is 25.2. The summed E-state index contributed by atoms with van der Waals surface area (Å²) in [6, 6.07) is 0. The van der Waals surface area contributed by atoms with Gasteiger partial charge in [0.25, 0.3) is 0 Å². The van der Waals surface area contributed by atoms with E-state index < -0.39 is 60.4 Å². The molecule has 6 heterocycles. The Morgan fingerprint density at radius 1 is 0.865 bits per heavy atom. The molecule has 0 saturated carbocycles. The number of sulfonamides is 1. The number of nitrogens with two attached hydrogens (primary N) is 2. The van der Waals surface area contributed by atoms with Gasteiger partial charge >= 0.3 is 7.75 Å². The van der Waals surface area contributed by atoms with Crippen LogP contribution in [0.1, 0.15) is 53.0 Å². The van der Waals surface area contributed by atoms with E-state index in [9.17, 15) is 13.0 Å². The average Bonchev–Trinajstić information content (AvgIpc) is 3.87. The molecule has 7 atom stereocenters. The van der Waals surface area contributed by atoms with E-state index >= 15 is 0 Å². The van der Waals surface area contributed by atoms with Crippen molar-refractivity contribution in [2.24, 2.45) is 0 Å². The molecule has 23 heteroatoms. The molecule has 0 radical (unpaired) electrons. The smallest absolute Gasteiger partial charge is 0.384 e. The van der Waals surface area contributed by atoms with Gasteiger partial charge in [-0.05, 0) is 27.7 Å². The number of methoxy groups -OCH3 is 1. The van der Waals surface area contributed by atoms with Crippen LogP contribution in [0.25, 0.3) is 22.3 Å². The monoisotopic (exact) mass is 769 g/mol. The Hall–Kier alpha value is -3.44. The van der Waals surface area contributed by atoms with Crippen LogP contribution in [0.2, 0.25) is 0 Å². The number of hydrogen-bond donors (Lipinski definition) is 3. The molecule has 2 aliphatic rings. The van der Waals surface area contributed by atoms with E-state index in [4.69, 9.17) is 44.2 Å². The van der Waals surface area contributed by atoms with Gasteiger partial charge in [-0.15, -0.1) is 4.49 Å². The summed E-state index contributed by atoms with van der Waals surface area (Å²) >= 11 is 0. The fourth-order valence-corrected chi connectivity index (χ4v) is 9.41. The van der Waals surface area contributed by atoms with E-state index in [0.717, 1.165) is 0 Å². The summed E-state index contributed by atoms with van der Waals surface area (Å²) in [7, 11) is -7.60. The fraction of sp³-hybridized carbons (Fsp3) is 0.655. The van der Waals surface area contributed by atoms with Gasteiger partial charge in [0.1, 0.15) is 54.5 Å². The molecule has 0 aliphatic carbocycles. The Morgan fingerprint density at radius 2 is 1.42 bits per heavy atom. The highest BCUT2D eigenvalue weighted by molar-refractivity contribution is 7.94. The number of ether oxygens (including phenoxy) is 5. The SMILES string of the molecule is COCCS(=O)(=O)NP(=O)(OCC1OC(n2cnc3c(N)ncnc32)C[C@H]1OC(C)C)O[C@@H]1CC(n2cnc3c(N)ncnc32)OC1COC(C)C. The van der Waals surface area contributed by atoms with E-state index in [1.54, 1.807) is 9.13 Å². The Kier molecular flexibility index (Phi) is 11.7. The van der Waals surface area contributed by atoms with Crippen molar-refractivity contribution in [2.45, 2.75) is 89.6 Å². The van der Waals surface area contributed by atoms with Crippen molar-refractivity contribution in [2.75, 3.05) is 44.2 Å². The summed E-state index contributed by atoms with van der Waals surface area (Å²) in [5.74, 6) is -0.108. The number of nitrogens with one attached hydrogen (secondary N) is 1. The van der Waals surface area contributed by atoms with Gasteiger partial charge in [-0.2, -0.15) is 0 Å². The number of fused-ring (bicyclic) bond motifs is 2. The van der Waals surface area contributed by atoms with Gasteiger partial charge in [0, 0.05) is 20.0 Å². The highest BCUT2D eigenvalue weighted by atomic mass is 32.2. The lowest BCUT2D eigenvalue weighted by Crippen LogP contribution is -2.36. The molecular formula is C29H44N11O10PS. The second kappa shape index (κ2) is 15.9. The molecule has 6 rings (SSSR count). The minimum Gasteiger partial charge on any atom is -0.384 e. The summed E-state index contributed by atoms with van der Waals surface area (Å²) in [5, 5.41) is 0. The highest BCUT2D eigenvalue weighted by Crippen LogP contribution is 2.50. The lowest BCUT2D eigenvalue weighted by atomic mass is 10.2. The normalized spacial score (nSPS) is 25.2. The number of anilines is 2. The number of rotatable bonds is 17. The molecule has 52 heavy (non-hydrogen) atoms. The van der Waals surface area contributed by atoms with Crippen molar-refractivity contribution in [1.29, 1.82) is 0 Å². The van der Waals surface area contributed by atoms with Gasteiger partial charge in [0.15, 0.2) is 22.9 Å². The Morgan fingerprint density at radius 3 is 1.96 bits per heavy atom. The largest absolute Gasteiger partial charge is 0.419 e. The third-order valence-corrected chi connectivity index (χ3v) is 12.0. The Balaban J connectivity index is 1.26. The van der Waals surface area contributed by atoms with Gasteiger partial charge in [0.05, 0.1) is 56.5 Å². The van der Waals surface area contributed by atoms with Crippen LogP contribution in [-0.4, -0.2) is 117 Å². The lowest BCUT2D eigenvalue weighted by molar-refractivity contribution is -0.0786. The van der Waals surface area contributed by atoms with Crippen LogP contribution in [0, 0.1) is 0 Å². The van der Waals surface area contributed by atoms with Gasteiger partial charge < -0.3 is 35.2 Å². The first-order valence-electron chi connectivity index (χ1n) is 16.6. The van der Waals surface area contributed by atoms with Crippen LogP contribution in [0.3, 0.4) is 0 Å². The summed E-state index contributed by atoms with van der Waals surface area (Å²) in [6.45, 7) is 6.91. The number of nitrogens with zero attached hydrogens (tertiary/aromatic N) is 8. The third kappa shape index (κ3) is 8.67. The molecule has 2 aliphatic heterocycles. The van der Waals surface area contributed by atoms with Gasteiger partial charge in [-0.25, -0.2) is 42.9 Å². The molecule has 2 fully saturated rings. The third-order valence-electron chi connectivity index (χ3n) is 8.29. The van der Waals surface area contributed by atoms with Crippen molar-refractivity contribution >= 4 is 51.7 Å². The van der Waals surface area contributed by atoms with Crippen LogP contribution in [0.15, 0.2) is 25.3 Å². The minimum atomic E-state index is -4.70. The van der Waals surface area contributed by atoms with Crippen LogP contribution >= 0.6 is 7.75 Å². The van der Waals surface area contributed by atoms with Gasteiger partial charge in [0.2, 0.25) is 10.0 Å². The minimum absolute atomic E-state index is 0.0314. The summed E-state index contributed by atoms with van der Waals surface area (Å²) < 4.78 is 88.2. The van der Waals surface area contributed by atoms with E-state index in [1.165, 1.54) is 32.4 Å².